The first-order valence-corrected chi connectivity index (χ1v) is 8.84. The van der Waals surface area contributed by atoms with Crippen LogP contribution >= 0.6 is 0 Å². The average molecular weight is 336 g/mol. The van der Waals surface area contributed by atoms with E-state index in [0.717, 1.165) is 34.8 Å². The van der Waals surface area contributed by atoms with Crippen molar-refractivity contribution in [2.45, 2.75) is 13.3 Å². The second-order valence-electron chi connectivity index (χ2n) is 6.34. The smallest absolute Gasteiger partial charge is 0.126 e. The van der Waals surface area contributed by atoms with Crippen LogP contribution in [0, 0.1) is 6.92 Å². The molecular weight excluding hydrogens is 316 g/mol. The fourth-order valence-corrected chi connectivity index (χ4v) is 3.12. The Bertz CT molecular complexity index is 994. The molecule has 0 spiro atoms. The van der Waals surface area contributed by atoms with E-state index >= 15 is 0 Å². The Morgan fingerprint density at radius 1 is 0.692 bits per heavy atom. The van der Waals surface area contributed by atoms with Gasteiger partial charge in [-0.15, -0.1) is 0 Å². The van der Waals surface area contributed by atoms with Crippen LogP contribution in [-0.2, 0) is 0 Å². The molecule has 1 aliphatic carbocycles. The summed E-state index contributed by atoms with van der Waals surface area (Å²) in [5.74, 6) is 0.784. The van der Waals surface area contributed by atoms with Gasteiger partial charge in [-0.1, -0.05) is 85.0 Å². The van der Waals surface area contributed by atoms with Gasteiger partial charge in [0, 0.05) is 11.1 Å². The third-order valence-corrected chi connectivity index (χ3v) is 4.45. The first-order chi connectivity index (χ1) is 12.8. The Hall–Kier alpha value is -3.26. The molecule has 0 fully saturated rings. The lowest BCUT2D eigenvalue weighted by Crippen LogP contribution is -1.95. The predicted octanol–water partition coefficient (Wildman–Crippen LogP) is 6.02. The monoisotopic (exact) mass is 336 g/mol. The number of aromatic nitrogens is 2. The molecule has 1 heterocycles. The van der Waals surface area contributed by atoms with Crippen molar-refractivity contribution in [3.8, 4) is 22.5 Å². The Labute approximate surface area is 154 Å². The van der Waals surface area contributed by atoms with E-state index in [1.807, 2.05) is 25.1 Å². The zero-order valence-electron chi connectivity index (χ0n) is 14.8. The van der Waals surface area contributed by atoms with Gasteiger partial charge in [0.15, 0.2) is 0 Å². The van der Waals surface area contributed by atoms with Gasteiger partial charge in [0.1, 0.15) is 5.82 Å². The molecule has 3 aromatic rings. The number of nitrogens with zero attached hydrogens (tertiary/aromatic N) is 2. The number of rotatable bonds is 3. The molecule has 0 bridgehead atoms. The molecule has 0 radical (unpaired) electrons. The lowest BCUT2D eigenvalue weighted by molar-refractivity contribution is 1.06. The average Bonchev–Trinajstić information content (AvgIpc) is 2.98. The van der Waals surface area contributed by atoms with E-state index in [9.17, 15) is 0 Å². The lowest BCUT2D eigenvalue weighted by Gasteiger charge is -2.09. The van der Waals surface area contributed by atoms with Gasteiger partial charge in [0.05, 0.1) is 11.4 Å². The summed E-state index contributed by atoms with van der Waals surface area (Å²) in [5, 5.41) is 0. The van der Waals surface area contributed by atoms with Gasteiger partial charge in [-0.05, 0) is 30.5 Å². The van der Waals surface area contributed by atoms with E-state index in [0.29, 0.717) is 0 Å². The molecule has 0 aliphatic heterocycles. The molecule has 0 saturated carbocycles. The van der Waals surface area contributed by atoms with Crippen LogP contribution in [0.25, 0.3) is 28.1 Å². The lowest BCUT2D eigenvalue weighted by atomic mass is 10.00. The van der Waals surface area contributed by atoms with Gasteiger partial charge in [0.25, 0.3) is 0 Å². The molecular formula is C24H20N2. The largest absolute Gasteiger partial charge is 0.233 e. The summed E-state index contributed by atoms with van der Waals surface area (Å²) < 4.78 is 0. The van der Waals surface area contributed by atoms with E-state index in [4.69, 9.17) is 0 Å². The van der Waals surface area contributed by atoms with E-state index in [1.54, 1.807) is 0 Å². The number of hydrogen-bond donors (Lipinski definition) is 0. The number of benzene rings is 2. The normalized spacial score (nSPS) is 13.3. The van der Waals surface area contributed by atoms with Crippen LogP contribution in [0.1, 0.15) is 17.8 Å². The molecule has 0 N–H and O–H groups in total. The maximum atomic E-state index is 4.64. The van der Waals surface area contributed by atoms with Crippen molar-refractivity contribution >= 4 is 5.57 Å². The molecule has 0 saturated heterocycles. The van der Waals surface area contributed by atoms with Gasteiger partial charge < -0.3 is 0 Å². The van der Waals surface area contributed by atoms with Crippen LogP contribution in [0.15, 0.2) is 91.0 Å². The van der Waals surface area contributed by atoms with Crippen molar-refractivity contribution in [1.29, 1.82) is 0 Å². The molecule has 2 nitrogen and oxygen atoms in total. The van der Waals surface area contributed by atoms with Gasteiger partial charge in [0.2, 0.25) is 0 Å². The fraction of sp³-hybridized carbons (Fsp3) is 0.0833. The second-order valence-corrected chi connectivity index (χ2v) is 6.34. The molecule has 0 unspecified atom stereocenters. The van der Waals surface area contributed by atoms with Crippen molar-refractivity contribution in [3.05, 3.63) is 102 Å². The highest BCUT2D eigenvalue weighted by atomic mass is 14.9. The minimum absolute atomic E-state index is 0.784. The molecule has 0 atom stereocenters. The Morgan fingerprint density at radius 2 is 1.35 bits per heavy atom. The first kappa shape index (κ1) is 16.2. The third-order valence-electron chi connectivity index (χ3n) is 4.45. The number of allylic oxidation sites excluding steroid dienone is 6. The van der Waals surface area contributed by atoms with Gasteiger partial charge in [-0.25, -0.2) is 9.97 Å². The molecule has 2 aromatic carbocycles. The standard InChI is InChI=1S/C24H20N2/c1-18-25-23(21-11-7-4-8-12-21)17-24(26-18)22-15-13-20(14-16-22)19-9-5-2-3-6-10-19/h2-9,11-17H,10H2,1H3. The zero-order chi connectivity index (χ0) is 17.8. The Kier molecular flexibility index (Phi) is 4.57. The summed E-state index contributed by atoms with van der Waals surface area (Å²) in [6.45, 7) is 1.94. The highest BCUT2D eigenvalue weighted by Gasteiger charge is 2.07. The van der Waals surface area contributed by atoms with E-state index in [1.165, 1.54) is 11.1 Å². The fourth-order valence-electron chi connectivity index (χ4n) is 3.12. The quantitative estimate of drug-likeness (QED) is 0.584. The summed E-state index contributed by atoms with van der Waals surface area (Å²) in [4.78, 5) is 9.23. The second kappa shape index (κ2) is 7.32. The third kappa shape index (κ3) is 3.55. The van der Waals surface area contributed by atoms with Crippen LogP contribution in [0.2, 0.25) is 0 Å². The van der Waals surface area contributed by atoms with Crippen LogP contribution in [0.4, 0.5) is 0 Å². The predicted molar refractivity (Wildman–Crippen MR) is 109 cm³/mol. The van der Waals surface area contributed by atoms with Gasteiger partial charge >= 0.3 is 0 Å². The van der Waals surface area contributed by atoms with Gasteiger partial charge in [-0.2, -0.15) is 0 Å². The number of hydrogen-bond acceptors (Lipinski definition) is 2. The van der Waals surface area contributed by atoms with E-state index in [-0.39, 0.29) is 0 Å². The zero-order valence-corrected chi connectivity index (χ0v) is 14.8. The van der Waals surface area contributed by atoms with Crippen molar-refractivity contribution in [1.82, 2.24) is 9.97 Å². The number of aryl methyl sites for hydroxylation is 1. The Balaban J connectivity index is 1.68. The molecule has 26 heavy (non-hydrogen) atoms. The first-order valence-electron chi connectivity index (χ1n) is 8.84. The van der Waals surface area contributed by atoms with Crippen LogP contribution in [0.3, 0.4) is 0 Å². The summed E-state index contributed by atoms with van der Waals surface area (Å²) >= 11 is 0. The highest BCUT2D eigenvalue weighted by molar-refractivity contribution is 5.73. The van der Waals surface area contributed by atoms with Gasteiger partial charge in [-0.3, -0.25) is 0 Å². The van der Waals surface area contributed by atoms with Crippen LogP contribution in [-0.4, -0.2) is 9.97 Å². The molecule has 2 heteroatoms. The minimum Gasteiger partial charge on any atom is -0.233 e. The summed E-state index contributed by atoms with van der Waals surface area (Å²) in [7, 11) is 0. The van der Waals surface area contributed by atoms with Crippen molar-refractivity contribution < 1.29 is 0 Å². The maximum absolute atomic E-state index is 4.64. The van der Waals surface area contributed by atoms with E-state index in [2.05, 4.69) is 82.8 Å². The molecule has 1 aromatic heterocycles. The minimum atomic E-state index is 0.784. The summed E-state index contributed by atoms with van der Waals surface area (Å²) in [6.07, 6.45) is 11.6. The summed E-state index contributed by atoms with van der Waals surface area (Å²) in [5.41, 5.74) is 6.70. The van der Waals surface area contributed by atoms with Crippen molar-refractivity contribution in [3.63, 3.8) is 0 Å². The van der Waals surface area contributed by atoms with Crippen molar-refractivity contribution in [2.75, 3.05) is 0 Å². The maximum Gasteiger partial charge on any atom is 0.126 e. The topological polar surface area (TPSA) is 25.8 Å². The summed E-state index contributed by atoms with van der Waals surface area (Å²) in [6, 6.07) is 20.9. The molecule has 0 amide bonds. The van der Waals surface area contributed by atoms with Crippen LogP contribution < -0.4 is 0 Å². The highest BCUT2D eigenvalue weighted by Crippen LogP contribution is 2.26. The van der Waals surface area contributed by atoms with Crippen molar-refractivity contribution in [2.24, 2.45) is 0 Å². The SMILES string of the molecule is Cc1nc(-c2ccccc2)cc(-c2ccc(C3=CC=CC=CC3)cc2)n1. The molecule has 1 aliphatic rings. The Morgan fingerprint density at radius 3 is 2.08 bits per heavy atom. The van der Waals surface area contributed by atoms with E-state index < -0.39 is 0 Å². The van der Waals surface area contributed by atoms with Crippen LogP contribution in [0.5, 0.6) is 0 Å². The molecule has 4 rings (SSSR count). The molecule has 126 valence electrons.